The fraction of sp³-hybridized carbons (Fsp3) is 0.690. The first kappa shape index (κ1) is 23.2. The smallest absolute Gasteiger partial charge is 0.339 e. The predicted octanol–water partition coefficient (Wildman–Crippen LogP) is 5.22. The van der Waals surface area contributed by atoms with Gasteiger partial charge in [0.25, 0.3) is 0 Å². The highest BCUT2D eigenvalue weighted by molar-refractivity contribution is 5.96. The molecular weight excluding hydrogens is 444 g/mol. The summed E-state index contributed by atoms with van der Waals surface area (Å²) in [5.74, 6) is 0.260. The molecular formula is C29H36O6. The molecule has 1 aromatic rings. The number of esters is 1. The first-order valence-corrected chi connectivity index (χ1v) is 13.0. The maximum atomic E-state index is 13.3. The highest BCUT2D eigenvalue weighted by atomic mass is 16.7. The van der Waals surface area contributed by atoms with Crippen molar-refractivity contribution in [3.63, 3.8) is 0 Å². The van der Waals surface area contributed by atoms with Gasteiger partial charge in [-0.3, -0.25) is 4.79 Å². The monoisotopic (exact) mass is 480 g/mol. The SMILES string of the molecule is CC(=O)C[C@@H]1C[C@H]2C(C)(C)C(=O)C=C[C@]2(C)[C@H]2CC[C@@]3(C)C(c4ccoc4)OC(=O)[C@H]4O[C@]43[C@]12C. The summed E-state index contributed by atoms with van der Waals surface area (Å²) in [5, 5.41) is 0. The predicted molar refractivity (Wildman–Crippen MR) is 127 cm³/mol. The highest BCUT2D eigenvalue weighted by Gasteiger charge is 2.87. The Hall–Kier alpha value is -2.21. The molecule has 2 aliphatic heterocycles. The molecule has 4 fully saturated rings. The van der Waals surface area contributed by atoms with E-state index in [1.54, 1.807) is 25.5 Å². The Bertz CT molecular complexity index is 1150. The normalized spacial score (nSPS) is 49.3. The van der Waals surface area contributed by atoms with Crippen molar-refractivity contribution in [3.05, 3.63) is 36.3 Å². The van der Waals surface area contributed by atoms with Gasteiger partial charge in [-0.25, -0.2) is 4.79 Å². The molecule has 35 heavy (non-hydrogen) atoms. The first-order chi connectivity index (χ1) is 16.3. The lowest BCUT2D eigenvalue weighted by molar-refractivity contribution is -0.232. The zero-order chi connectivity index (χ0) is 25.2. The number of ketones is 2. The van der Waals surface area contributed by atoms with E-state index in [9.17, 15) is 14.4 Å². The Labute approximate surface area is 206 Å². The number of fused-ring (bicyclic) bond motifs is 3. The van der Waals surface area contributed by atoms with Crippen LogP contribution in [0.5, 0.6) is 0 Å². The Kier molecular flexibility index (Phi) is 4.48. The number of furan rings is 1. The maximum absolute atomic E-state index is 13.3. The van der Waals surface area contributed by atoms with Crippen LogP contribution < -0.4 is 0 Å². The number of rotatable bonds is 3. The number of hydrogen-bond acceptors (Lipinski definition) is 6. The van der Waals surface area contributed by atoms with Crippen LogP contribution in [0.2, 0.25) is 0 Å². The van der Waals surface area contributed by atoms with Crippen molar-refractivity contribution in [3.8, 4) is 0 Å². The minimum absolute atomic E-state index is 0.00201. The van der Waals surface area contributed by atoms with Crippen molar-refractivity contribution in [2.24, 2.45) is 39.4 Å². The van der Waals surface area contributed by atoms with Gasteiger partial charge in [0.15, 0.2) is 11.9 Å². The van der Waals surface area contributed by atoms with Gasteiger partial charge in [0.1, 0.15) is 17.5 Å². The zero-order valence-corrected chi connectivity index (χ0v) is 21.6. The van der Waals surface area contributed by atoms with Gasteiger partial charge in [0.2, 0.25) is 0 Å². The average Bonchev–Trinajstić information content (AvgIpc) is 3.35. The Morgan fingerprint density at radius 1 is 1.09 bits per heavy atom. The summed E-state index contributed by atoms with van der Waals surface area (Å²) in [6, 6.07) is 1.87. The van der Waals surface area contributed by atoms with Crippen LogP contribution in [0, 0.1) is 39.4 Å². The van der Waals surface area contributed by atoms with E-state index in [0.717, 1.165) is 24.8 Å². The van der Waals surface area contributed by atoms with Crippen molar-refractivity contribution in [2.75, 3.05) is 0 Å². The number of allylic oxidation sites excluding steroid dienone is 2. The highest BCUT2D eigenvalue weighted by Crippen LogP contribution is 2.80. The molecule has 2 saturated heterocycles. The number of carbonyl (C=O) groups excluding carboxylic acids is 3. The van der Waals surface area contributed by atoms with E-state index < -0.39 is 34.1 Å². The van der Waals surface area contributed by atoms with E-state index >= 15 is 0 Å². The Morgan fingerprint density at radius 2 is 1.83 bits per heavy atom. The molecule has 5 aliphatic rings. The third-order valence-electron chi connectivity index (χ3n) is 11.3. The Balaban J connectivity index is 1.55. The van der Waals surface area contributed by atoms with Gasteiger partial charge in [-0.2, -0.15) is 0 Å². The minimum atomic E-state index is -0.728. The van der Waals surface area contributed by atoms with Crippen LogP contribution in [-0.2, 0) is 23.9 Å². The standard InChI is InChI=1S/C29H36O6/c1-16(30)13-18-14-20-25(2,3)21(31)8-10-26(20,4)19-7-11-27(5)22(17-9-12-33-15-17)34-24(32)23-29(27,35-23)28(18,19)6/h8-10,12,15,18-20,22-23H,7,11,13-14H2,1-6H3/t18-,19-,20+,22?,23-,26-,27+,28-,29-/m1/s1. The van der Waals surface area contributed by atoms with Gasteiger partial charge in [-0.05, 0) is 61.5 Å². The zero-order valence-electron chi connectivity index (χ0n) is 21.6. The van der Waals surface area contributed by atoms with Crippen molar-refractivity contribution < 1.29 is 28.3 Å². The number of cyclic esters (lactones) is 1. The molecule has 1 aromatic heterocycles. The fourth-order valence-corrected chi connectivity index (χ4v) is 9.67. The quantitative estimate of drug-likeness (QED) is 0.435. The van der Waals surface area contributed by atoms with Gasteiger partial charge in [0, 0.05) is 28.2 Å². The van der Waals surface area contributed by atoms with Crippen LogP contribution in [0.3, 0.4) is 0 Å². The van der Waals surface area contributed by atoms with Gasteiger partial charge < -0.3 is 18.7 Å². The van der Waals surface area contributed by atoms with Crippen LogP contribution >= 0.6 is 0 Å². The summed E-state index contributed by atoms with van der Waals surface area (Å²) >= 11 is 0. The summed E-state index contributed by atoms with van der Waals surface area (Å²) in [5.41, 5.74) is -1.52. The molecule has 188 valence electrons. The van der Waals surface area contributed by atoms with E-state index in [1.807, 2.05) is 6.07 Å². The molecule has 0 radical (unpaired) electrons. The number of hydrogen-bond donors (Lipinski definition) is 0. The van der Waals surface area contributed by atoms with Crippen molar-refractivity contribution in [1.29, 1.82) is 0 Å². The lowest BCUT2D eigenvalue weighted by atomic mass is 9.34. The molecule has 9 atom stereocenters. The third kappa shape index (κ3) is 2.52. The number of carbonyl (C=O) groups is 3. The molecule has 0 N–H and O–H groups in total. The molecule has 0 amide bonds. The van der Waals surface area contributed by atoms with E-state index in [4.69, 9.17) is 13.9 Å². The molecule has 6 heteroatoms. The van der Waals surface area contributed by atoms with Crippen molar-refractivity contribution in [2.45, 2.75) is 85.0 Å². The van der Waals surface area contributed by atoms with E-state index in [-0.39, 0.29) is 40.7 Å². The van der Waals surface area contributed by atoms with Crippen LogP contribution in [0.15, 0.2) is 35.2 Å². The van der Waals surface area contributed by atoms with Gasteiger partial charge >= 0.3 is 5.97 Å². The molecule has 0 aromatic carbocycles. The molecule has 1 spiro atoms. The molecule has 6 rings (SSSR count). The van der Waals surface area contributed by atoms with Gasteiger partial charge in [0.05, 0.1) is 12.5 Å². The van der Waals surface area contributed by atoms with Gasteiger partial charge in [-0.1, -0.05) is 40.7 Å². The number of Topliss-reactive ketones (excluding diaryl/α,β-unsaturated/α-hetero) is 1. The second-order valence-electron chi connectivity index (χ2n) is 13.1. The average molecular weight is 481 g/mol. The molecule has 3 aliphatic carbocycles. The number of ether oxygens (including phenoxy) is 2. The summed E-state index contributed by atoms with van der Waals surface area (Å²) in [6.07, 6.45) is 9.02. The van der Waals surface area contributed by atoms with Crippen LogP contribution in [-0.4, -0.2) is 29.2 Å². The van der Waals surface area contributed by atoms with Crippen molar-refractivity contribution >= 4 is 17.5 Å². The second kappa shape index (κ2) is 6.76. The summed E-state index contributed by atoms with van der Waals surface area (Å²) < 4.78 is 18.0. The third-order valence-corrected chi connectivity index (χ3v) is 11.3. The molecule has 1 unspecified atom stereocenters. The minimum Gasteiger partial charge on any atom is -0.472 e. The van der Waals surface area contributed by atoms with Crippen LogP contribution in [0.4, 0.5) is 0 Å². The van der Waals surface area contributed by atoms with Crippen LogP contribution in [0.1, 0.15) is 78.9 Å². The number of epoxide rings is 1. The first-order valence-electron chi connectivity index (χ1n) is 13.0. The lowest BCUT2D eigenvalue weighted by Crippen LogP contribution is -2.71. The molecule has 0 bridgehead atoms. The van der Waals surface area contributed by atoms with Crippen molar-refractivity contribution in [1.82, 2.24) is 0 Å². The Morgan fingerprint density at radius 3 is 2.49 bits per heavy atom. The molecule has 6 nitrogen and oxygen atoms in total. The van der Waals surface area contributed by atoms with E-state index in [2.05, 4.69) is 40.7 Å². The van der Waals surface area contributed by atoms with Gasteiger partial charge in [-0.15, -0.1) is 0 Å². The van der Waals surface area contributed by atoms with Crippen LogP contribution in [0.25, 0.3) is 0 Å². The topological polar surface area (TPSA) is 86.1 Å². The maximum Gasteiger partial charge on any atom is 0.339 e. The largest absolute Gasteiger partial charge is 0.472 e. The fourth-order valence-electron chi connectivity index (χ4n) is 9.67. The summed E-state index contributed by atoms with van der Waals surface area (Å²) in [4.78, 5) is 38.9. The van der Waals surface area contributed by atoms with E-state index in [0.29, 0.717) is 6.42 Å². The second-order valence-corrected chi connectivity index (χ2v) is 13.1. The molecule has 3 heterocycles. The summed E-state index contributed by atoms with van der Waals surface area (Å²) in [6.45, 7) is 12.5. The van der Waals surface area contributed by atoms with E-state index in [1.165, 1.54) is 0 Å². The lowest BCUT2D eigenvalue weighted by Gasteiger charge is -2.69. The molecule has 2 saturated carbocycles. The summed E-state index contributed by atoms with van der Waals surface area (Å²) in [7, 11) is 0.